The van der Waals surface area contributed by atoms with Gasteiger partial charge in [-0.1, -0.05) is 41.5 Å². The van der Waals surface area contributed by atoms with E-state index in [2.05, 4.69) is 5.32 Å². The highest BCUT2D eigenvalue weighted by Gasteiger charge is 2.32. The topological polar surface area (TPSA) is 49.3 Å². The Labute approximate surface area is 124 Å². The smallest absolute Gasteiger partial charge is 0.251 e. The summed E-state index contributed by atoms with van der Waals surface area (Å²) in [5.41, 5.74) is 4.89. The lowest BCUT2D eigenvalue weighted by molar-refractivity contribution is 0.0858. The van der Waals surface area contributed by atoms with E-state index in [1.807, 2.05) is 56.3 Å². The van der Waals surface area contributed by atoms with E-state index in [9.17, 15) is 9.90 Å². The van der Waals surface area contributed by atoms with Gasteiger partial charge < -0.3 is 10.4 Å². The zero-order chi connectivity index (χ0) is 15.0. The Morgan fingerprint density at radius 3 is 2.52 bits per heavy atom. The second-order valence-electron chi connectivity index (χ2n) is 5.80. The molecule has 2 aromatic carbocycles. The number of aliphatic hydroxyl groups excluding tert-OH is 1. The molecule has 0 radical (unpaired) electrons. The van der Waals surface area contributed by atoms with Gasteiger partial charge in [-0.3, -0.25) is 4.79 Å². The number of aryl methyl sites for hydroxylation is 2. The minimum absolute atomic E-state index is 0.137. The number of amides is 1. The van der Waals surface area contributed by atoms with E-state index in [0.29, 0.717) is 12.0 Å². The highest BCUT2D eigenvalue weighted by molar-refractivity contribution is 5.95. The van der Waals surface area contributed by atoms with Crippen molar-refractivity contribution in [2.24, 2.45) is 0 Å². The van der Waals surface area contributed by atoms with Crippen molar-refractivity contribution in [1.29, 1.82) is 0 Å². The third-order valence-electron chi connectivity index (χ3n) is 3.97. The van der Waals surface area contributed by atoms with Crippen molar-refractivity contribution >= 4 is 5.91 Å². The van der Waals surface area contributed by atoms with Crippen LogP contribution in [0.25, 0.3) is 0 Å². The Hall–Kier alpha value is -2.13. The number of aliphatic hydroxyl groups is 1. The molecule has 0 heterocycles. The molecule has 0 bridgehead atoms. The summed E-state index contributed by atoms with van der Waals surface area (Å²) in [6.45, 7) is 3.95. The molecule has 3 heteroatoms. The molecule has 0 aromatic heterocycles. The van der Waals surface area contributed by atoms with Crippen LogP contribution in [0.3, 0.4) is 0 Å². The van der Waals surface area contributed by atoms with Crippen LogP contribution < -0.4 is 5.32 Å². The number of carbonyl (C=O) groups is 1. The Balaban J connectivity index is 1.85. The summed E-state index contributed by atoms with van der Waals surface area (Å²) in [4.78, 5) is 12.4. The van der Waals surface area contributed by atoms with Gasteiger partial charge in [0, 0.05) is 12.0 Å². The Morgan fingerprint density at radius 2 is 1.81 bits per heavy atom. The molecule has 1 amide bonds. The number of fused-ring (bicyclic) bond motifs is 1. The maximum absolute atomic E-state index is 12.4. The normalized spacial score (nSPS) is 20.1. The summed E-state index contributed by atoms with van der Waals surface area (Å²) >= 11 is 0. The third kappa shape index (κ3) is 2.69. The number of hydrogen-bond acceptors (Lipinski definition) is 2. The molecule has 0 fully saturated rings. The Bertz CT molecular complexity index is 673. The van der Waals surface area contributed by atoms with Crippen LogP contribution in [0.2, 0.25) is 0 Å². The van der Waals surface area contributed by atoms with Gasteiger partial charge in [0.2, 0.25) is 0 Å². The maximum atomic E-state index is 12.4. The van der Waals surface area contributed by atoms with Crippen LogP contribution in [0.5, 0.6) is 0 Å². The number of carbonyl (C=O) groups excluding carboxylic acids is 1. The van der Waals surface area contributed by atoms with Crippen molar-refractivity contribution in [3.63, 3.8) is 0 Å². The quantitative estimate of drug-likeness (QED) is 0.889. The van der Waals surface area contributed by atoms with Crippen molar-refractivity contribution in [2.45, 2.75) is 32.4 Å². The molecule has 2 atom stereocenters. The monoisotopic (exact) mass is 281 g/mol. The number of rotatable bonds is 2. The molecule has 21 heavy (non-hydrogen) atoms. The minimum atomic E-state index is -0.558. The van der Waals surface area contributed by atoms with Crippen LogP contribution in [0.1, 0.15) is 38.7 Å². The summed E-state index contributed by atoms with van der Waals surface area (Å²) in [5.74, 6) is -0.137. The van der Waals surface area contributed by atoms with E-state index in [-0.39, 0.29) is 11.9 Å². The first kappa shape index (κ1) is 13.8. The zero-order valence-electron chi connectivity index (χ0n) is 12.3. The Morgan fingerprint density at radius 1 is 1.14 bits per heavy atom. The fraction of sp³-hybridized carbons (Fsp3) is 0.278. The third-order valence-corrected chi connectivity index (χ3v) is 3.97. The summed E-state index contributed by atoms with van der Waals surface area (Å²) in [6, 6.07) is 13.3. The van der Waals surface area contributed by atoms with E-state index in [0.717, 1.165) is 22.3 Å². The molecule has 0 saturated heterocycles. The molecule has 1 aliphatic rings. The van der Waals surface area contributed by atoms with E-state index < -0.39 is 6.10 Å². The fourth-order valence-electron chi connectivity index (χ4n) is 3.08. The predicted octanol–water partition coefficient (Wildman–Crippen LogP) is 2.69. The first-order chi connectivity index (χ1) is 10.0. The van der Waals surface area contributed by atoms with Gasteiger partial charge in [-0.05, 0) is 37.1 Å². The lowest BCUT2D eigenvalue weighted by Gasteiger charge is -2.18. The molecule has 1 aliphatic carbocycles. The molecule has 2 aromatic rings. The first-order valence-corrected chi connectivity index (χ1v) is 7.19. The van der Waals surface area contributed by atoms with Gasteiger partial charge in [0.25, 0.3) is 5.91 Å². The number of benzene rings is 2. The molecule has 3 nitrogen and oxygen atoms in total. The lowest BCUT2D eigenvalue weighted by atomic mass is 10.0. The summed E-state index contributed by atoms with van der Waals surface area (Å²) in [5, 5.41) is 13.2. The van der Waals surface area contributed by atoms with E-state index in [1.165, 1.54) is 0 Å². The molecule has 0 unspecified atom stereocenters. The fourth-order valence-corrected chi connectivity index (χ4v) is 3.08. The van der Waals surface area contributed by atoms with Gasteiger partial charge in [0.05, 0.1) is 12.1 Å². The second kappa shape index (κ2) is 5.34. The van der Waals surface area contributed by atoms with Gasteiger partial charge in [0.15, 0.2) is 0 Å². The standard InChI is InChI=1S/C18H19NO2/c1-11-7-12(2)9-14(8-11)18(21)19-17-15-6-4-3-5-13(15)10-16(17)20/h3-9,16-17,20H,10H2,1-2H3,(H,19,21)/t16-,17+/m1/s1. The van der Waals surface area contributed by atoms with Crippen LogP contribution in [0.15, 0.2) is 42.5 Å². The van der Waals surface area contributed by atoms with Crippen LogP contribution in [-0.4, -0.2) is 17.1 Å². The molecule has 3 rings (SSSR count). The SMILES string of the molecule is Cc1cc(C)cc(C(=O)N[C@H]2c3ccccc3C[C@H]2O)c1. The molecule has 108 valence electrons. The highest BCUT2D eigenvalue weighted by Crippen LogP contribution is 2.31. The number of nitrogens with one attached hydrogen (secondary N) is 1. The molecule has 0 aliphatic heterocycles. The van der Waals surface area contributed by atoms with Gasteiger partial charge in [-0.25, -0.2) is 0 Å². The minimum Gasteiger partial charge on any atom is -0.390 e. The maximum Gasteiger partial charge on any atom is 0.251 e. The highest BCUT2D eigenvalue weighted by atomic mass is 16.3. The number of hydrogen-bond donors (Lipinski definition) is 2. The average Bonchev–Trinajstić information content (AvgIpc) is 2.74. The van der Waals surface area contributed by atoms with Gasteiger partial charge >= 0.3 is 0 Å². The average molecular weight is 281 g/mol. The Kier molecular flexibility index (Phi) is 3.52. The van der Waals surface area contributed by atoms with Crippen LogP contribution >= 0.6 is 0 Å². The largest absolute Gasteiger partial charge is 0.390 e. The predicted molar refractivity (Wildman–Crippen MR) is 82.3 cm³/mol. The van der Waals surface area contributed by atoms with Crippen molar-refractivity contribution < 1.29 is 9.90 Å². The van der Waals surface area contributed by atoms with Crippen molar-refractivity contribution in [2.75, 3.05) is 0 Å². The molecule has 0 saturated carbocycles. The summed E-state index contributed by atoms with van der Waals surface area (Å²) < 4.78 is 0. The van der Waals surface area contributed by atoms with E-state index in [1.54, 1.807) is 0 Å². The van der Waals surface area contributed by atoms with Crippen LogP contribution in [-0.2, 0) is 6.42 Å². The van der Waals surface area contributed by atoms with Gasteiger partial charge in [-0.2, -0.15) is 0 Å². The summed E-state index contributed by atoms with van der Waals surface area (Å²) in [7, 11) is 0. The zero-order valence-corrected chi connectivity index (χ0v) is 12.3. The van der Waals surface area contributed by atoms with Crippen molar-refractivity contribution in [3.05, 3.63) is 70.3 Å². The molecular weight excluding hydrogens is 262 g/mol. The first-order valence-electron chi connectivity index (χ1n) is 7.19. The van der Waals surface area contributed by atoms with E-state index >= 15 is 0 Å². The van der Waals surface area contributed by atoms with Crippen molar-refractivity contribution in [1.82, 2.24) is 5.32 Å². The van der Waals surface area contributed by atoms with Gasteiger partial charge in [-0.15, -0.1) is 0 Å². The molecule has 0 spiro atoms. The van der Waals surface area contributed by atoms with Crippen LogP contribution in [0.4, 0.5) is 0 Å². The van der Waals surface area contributed by atoms with E-state index in [4.69, 9.17) is 0 Å². The van der Waals surface area contributed by atoms with Crippen LogP contribution in [0, 0.1) is 13.8 Å². The second-order valence-corrected chi connectivity index (χ2v) is 5.80. The lowest BCUT2D eigenvalue weighted by Crippen LogP contribution is -2.33. The molecule has 2 N–H and O–H groups in total. The molecular formula is C18H19NO2. The van der Waals surface area contributed by atoms with Gasteiger partial charge in [0.1, 0.15) is 0 Å². The van der Waals surface area contributed by atoms with Crippen molar-refractivity contribution in [3.8, 4) is 0 Å². The summed E-state index contributed by atoms with van der Waals surface area (Å²) in [6.07, 6.45) is 0.0331.